The first-order valence-electron chi connectivity index (χ1n) is 12.7. The molecule has 1 saturated carbocycles. The van der Waals surface area contributed by atoms with Gasteiger partial charge in [-0.3, -0.25) is 4.79 Å². The molecule has 194 valence electrons. The third-order valence-electron chi connectivity index (χ3n) is 6.39. The molecule has 2 aromatic rings. The lowest BCUT2D eigenvalue weighted by atomic mass is 9.85. The molecule has 2 aliphatic rings. The molecule has 0 unspecified atom stereocenters. The van der Waals surface area contributed by atoms with Crippen molar-refractivity contribution in [2.75, 3.05) is 18.7 Å². The van der Waals surface area contributed by atoms with Gasteiger partial charge in [0.2, 0.25) is 0 Å². The van der Waals surface area contributed by atoms with Crippen molar-refractivity contribution in [2.45, 2.75) is 83.9 Å². The van der Waals surface area contributed by atoms with E-state index in [1.54, 1.807) is 12.1 Å². The monoisotopic (exact) mass is 496 g/mol. The molecule has 0 saturated heterocycles. The fraction of sp³-hybridized carbons (Fsp3) is 0.556. The number of alkyl carbamates (subject to hydrolysis) is 1. The van der Waals surface area contributed by atoms with E-state index in [4.69, 9.17) is 14.2 Å². The summed E-state index contributed by atoms with van der Waals surface area (Å²) in [6, 6.07) is 5.66. The highest BCUT2D eigenvalue weighted by Crippen LogP contribution is 2.38. The Morgan fingerprint density at radius 1 is 1.11 bits per heavy atom. The number of aldehydes is 1. The summed E-state index contributed by atoms with van der Waals surface area (Å²) in [7, 11) is 0. The van der Waals surface area contributed by atoms with Crippen molar-refractivity contribution in [1.82, 2.24) is 15.5 Å². The first kappa shape index (κ1) is 25.9. The zero-order valence-electron chi connectivity index (χ0n) is 21.6. The summed E-state index contributed by atoms with van der Waals surface area (Å²) in [5.41, 5.74) is 3.97. The number of nitrogens with zero attached hydrogens (tertiary/aromatic N) is 2. The molecule has 9 heteroatoms. The number of hydrogen-bond acceptors (Lipinski definition) is 8. The highest BCUT2D eigenvalue weighted by molar-refractivity contribution is 5.81. The second-order valence-corrected chi connectivity index (χ2v) is 10.3. The molecule has 1 fully saturated rings. The number of amides is 1. The van der Waals surface area contributed by atoms with Crippen LogP contribution in [0.4, 0.5) is 10.6 Å². The molecular formula is C27H36N4O5. The number of fused-ring (bicyclic) bond motifs is 1. The van der Waals surface area contributed by atoms with Crippen molar-refractivity contribution in [2.24, 2.45) is 0 Å². The number of ether oxygens (including phenoxy) is 3. The molecule has 1 heterocycles. The summed E-state index contributed by atoms with van der Waals surface area (Å²) in [6.45, 7) is 8.10. The number of benzene rings is 1. The van der Waals surface area contributed by atoms with Gasteiger partial charge in [0.1, 0.15) is 23.3 Å². The first-order valence-corrected chi connectivity index (χ1v) is 12.7. The van der Waals surface area contributed by atoms with Crippen LogP contribution in [0.2, 0.25) is 0 Å². The Morgan fingerprint density at radius 2 is 1.86 bits per heavy atom. The standard InChI is InChI=1S/C27H36N4O5/c1-5-34-16-35-23-12-17(15-32)10-11-22(23)24-20-8-6-7-9-21(20)25(31-30-24)28-18-13-19(14-18)29-26(33)36-27(2,3)4/h10-12,15,18-19H,5-9,13-14,16H2,1-4H3,(H,28,31)(H,29,33). The maximum absolute atomic E-state index is 12.0. The van der Waals surface area contributed by atoms with Gasteiger partial charge >= 0.3 is 6.09 Å². The van der Waals surface area contributed by atoms with Gasteiger partial charge in [0.15, 0.2) is 12.6 Å². The van der Waals surface area contributed by atoms with Gasteiger partial charge in [-0.15, -0.1) is 10.2 Å². The van der Waals surface area contributed by atoms with Crippen molar-refractivity contribution < 1.29 is 23.8 Å². The molecule has 0 spiro atoms. The average Bonchev–Trinajstić information content (AvgIpc) is 2.82. The van der Waals surface area contributed by atoms with Gasteiger partial charge in [-0.2, -0.15) is 0 Å². The van der Waals surface area contributed by atoms with Crippen molar-refractivity contribution in [3.8, 4) is 17.0 Å². The van der Waals surface area contributed by atoms with E-state index in [1.807, 2.05) is 33.8 Å². The lowest BCUT2D eigenvalue weighted by molar-refractivity contribution is 0.0227. The zero-order valence-corrected chi connectivity index (χ0v) is 21.6. The number of anilines is 1. The Labute approximate surface area is 212 Å². The smallest absolute Gasteiger partial charge is 0.407 e. The lowest BCUT2D eigenvalue weighted by Gasteiger charge is -2.37. The minimum absolute atomic E-state index is 0.0850. The minimum Gasteiger partial charge on any atom is -0.467 e. The molecule has 1 aromatic carbocycles. The second kappa shape index (κ2) is 11.2. The molecule has 1 amide bonds. The topological polar surface area (TPSA) is 112 Å². The number of aromatic nitrogens is 2. The Hall–Kier alpha value is -3.20. The van der Waals surface area contributed by atoms with E-state index < -0.39 is 5.60 Å². The van der Waals surface area contributed by atoms with Gasteiger partial charge in [0.05, 0.1) is 0 Å². The van der Waals surface area contributed by atoms with Crippen LogP contribution >= 0.6 is 0 Å². The van der Waals surface area contributed by atoms with Gasteiger partial charge in [-0.1, -0.05) is 6.07 Å². The molecule has 9 nitrogen and oxygen atoms in total. The van der Waals surface area contributed by atoms with Crippen molar-refractivity contribution in [3.63, 3.8) is 0 Å². The maximum Gasteiger partial charge on any atom is 0.407 e. The number of hydrogen-bond donors (Lipinski definition) is 2. The van der Waals surface area contributed by atoms with Crippen molar-refractivity contribution in [3.05, 3.63) is 34.9 Å². The van der Waals surface area contributed by atoms with Crippen LogP contribution in [0.3, 0.4) is 0 Å². The quantitative estimate of drug-likeness (QED) is 0.293. The number of carbonyl (C=O) groups is 2. The minimum atomic E-state index is -0.511. The van der Waals surface area contributed by atoms with E-state index in [-0.39, 0.29) is 25.0 Å². The van der Waals surface area contributed by atoms with Gasteiger partial charge in [0, 0.05) is 35.4 Å². The molecule has 2 N–H and O–H groups in total. The van der Waals surface area contributed by atoms with Crippen molar-refractivity contribution in [1.29, 1.82) is 0 Å². The number of carbonyl (C=O) groups excluding carboxylic acids is 2. The molecule has 36 heavy (non-hydrogen) atoms. The van der Waals surface area contributed by atoms with E-state index in [9.17, 15) is 9.59 Å². The molecule has 0 atom stereocenters. The van der Waals surface area contributed by atoms with Gasteiger partial charge in [-0.25, -0.2) is 4.79 Å². The third kappa shape index (κ3) is 6.32. The summed E-state index contributed by atoms with van der Waals surface area (Å²) in [6.07, 6.45) is 6.04. The van der Waals surface area contributed by atoms with E-state index in [1.165, 1.54) is 11.1 Å². The molecule has 1 aromatic heterocycles. The Morgan fingerprint density at radius 3 is 2.56 bits per heavy atom. The van der Waals surface area contributed by atoms with Gasteiger partial charge in [-0.05, 0) is 83.9 Å². The highest BCUT2D eigenvalue weighted by Gasteiger charge is 2.33. The number of rotatable bonds is 9. The maximum atomic E-state index is 12.0. The molecular weight excluding hydrogens is 460 g/mol. The number of nitrogens with one attached hydrogen (secondary N) is 2. The van der Waals surface area contributed by atoms with Crippen LogP contribution in [0, 0.1) is 0 Å². The Bertz CT molecular complexity index is 1090. The summed E-state index contributed by atoms with van der Waals surface area (Å²) in [5, 5.41) is 15.7. The lowest BCUT2D eigenvalue weighted by Crippen LogP contribution is -2.51. The van der Waals surface area contributed by atoms with E-state index >= 15 is 0 Å². The van der Waals surface area contributed by atoms with Crippen LogP contribution in [-0.2, 0) is 22.3 Å². The summed E-state index contributed by atoms with van der Waals surface area (Å²) in [4.78, 5) is 23.4. The van der Waals surface area contributed by atoms with Crippen LogP contribution < -0.4 is 15.4 Å². The molecule has 0 bridgehead atoms. The van der Waals surface area contributed by atoms with E-state index in [0.29, 0.717) is 17.9 Å². The average molecular weight is 497 g/mol. The van der Waals surface area contributed by atoms with E-state index in [0.717, 1.165) is 61.9 Å². The molecule has 0 aliphatic heterocycles. The summed E-state index contributed by atoms with van der Waals surface area (Å²) >= 11 is 0. The summed E-state index contributed by atoms with van der Waals surface area (Å²) in [5.74, 6) is 1.38. The van der Waals surface area contributed by atoms with E-state index in [2.05, 4.69) is 20.8 Å². The third-order valence-corrected chi connectivity index (χ3v) is 6.39. The predicted octanol–water partition coefficient (Wildman–Crippen LogP) is 4.68. The highest BCUT2D eigenvalue weighted by atomic mass is 16.7. The van der Waals surface area contributed by atoms with Crippen LogP contribution in [0.15, 0.2) is 18.2 Å². The molecule has 0 radical (unpaired) electrons. The largest absolute Gasteiger partial charge is 0.467 e. The first-order chi connectivity index (χ1) is 17.3. The fourth-order valence-corrected chi connectivity index (χ4v) is 4.62. The second-order valence-electron chi connectivity index (χ2n) is 10.3. The van der Waals surface area contributed by atoms with Crippen molar-refractivity contribution >= 4 is 18.2 Å². The Balaban J connectivity index is 1.50. The predicted molar refractivity (Wildman–Crippen MR) is 136 cm³/mol. The Kier molecular flexibility index (Phi) is 8.08. The molecule has 4 rings (SSSR count). The SMILES string of the molecule is CCOCOc1cc(C=O)ccc1-c1nnc(NC2CC(NC(=O)OC(C)(C)C)C2)c2c1CCCC2. The summed E-state index contributed by atoms with van der Waals surface area (Å²) < 4.78 is 16.6. The molecule has 2 aliphatic carbocycles. The van der Waals surface area contributed by atoms with Crippen LogP contribution in [-0.4, -0.2) is 53.7 Å². The van der Waals surface area contributed by atoms with Crippen LogP contribution in [0.25, 0.3) is 11.3 Å². The van der Waals surface area contributed by atoms with Crippen LogP contribution in [0.5, 0.6) is 5.75 Å². The zero-order chi connectivity index (χ0) is 25.7. The van der Waals surface area contributed by atoms with Gasteiger partial charge < -0.3 is 24.8 Å². The van der Waals surface area contributed by atoms with Gasteiger partial charge in [0.25, 0.3) is 0 Å². The fourth-order valence-electron chi connectivity index (χ4n) is 4.62. The normalized spacial score (nSPS) is 19.0. The van der Waals surface area contributed by atoms with Crippen LogP contribution in [0.1, 0.15) is 74.9 Å².